The first-order valence-electron chi connectivity index (χ1n) is 6.82. The molecule has 2 rings (SSSR count). The number of allylic oxidation sites excluding steroid dienone is 1. The van der Waals surface area contributed by atoms with Gasteiger partial charge in [0.1, 0.15) is 0 Å². The SMILES string of the molecule is C=CCc1cc(CNCc2ccn[nH]2)cc(OC)c1OC. The maximum absolute atomic E-state index is 5.43. The van der Waals surface area contributed by atoms with Crippen LogP contribution in [0, 0.1) is 0 Å². The number of nitrogens with zero attached hydrogens (tertiary/aromatic N) is 1. The Morgan fingerprint density at radius 1 is 1.29 bits per heavy atom. The van der Waals surface area contributed by atoms with Crippen molar-refractivity contribution in [2.45, 2.75) is 19.5 Å². The predicted octanol–water partition coefficient (Wildman–Crippen LogP) is 2.45. The van der Waals surface area contributed by atoms with Gasteiger partial charge in [0.25, 0.3) is 0 Å². The zero-order valence-electron chi connectivity index (χ0n) is 12.5. The van der Waals surface area contributed by atoms with E-state index in [1.54, 1.807) is 20.4 Å². The van der Waals surface area contributed by atoms with Crippen LogP contribution < -0.4 is 14.8 Å². The van der Waals surface area contributed by atoms with Gasteiger partial charge in [-0.1, -0.05) is 12.1 Å². The predicted molar refractivity (Wildman–Crippen MR) is 82.6 cm³/mol. The average molecular weight is 287 g/mol. The number of benzene rings is 1. The third-order valence-electron chi connectivity index (χ3n) is 3.18. The summed E-state index contributed by atoms with van der Waals surface area (Å²) < 4.78 is 10.8. The molecule has 0 aliphatic heterocycles. The van der Waals surface area contributed by atoms with E-state index in [2.05, 4.69) is 28.2 Å². The van der Waals surface area contributed by atoms with Crippen LogP contribution in [0.5, 0.6) is 11.5 Å². The van der Waals surface area contributed by atoms with Crippen molar-refractivity contribution in [1.29, 1.82) is 0 Å². The van der Waals surface area contributed by atoms with E-state index < -0.39 is 0 Å². The van der Waals surface area contributed by atoms with Crippen LogP contribution in [-0.4, -0.2) is 24.4 Å². The van der Waals surface area contributed by atoms with Crippen LogP contribution in [-0.2, 0) is 19.5 Å². The van der Waals surface area contributed by atoms with E-state index >= 15 is 0 Å². The van der Waals surface area contributed by atoms with E-state index in [0.29, 0.717) is 0 Å². The molecule has 1 aromatic heterocycles. The Labute approximate surface area is 125 Å². The van der Waals surface area contributed by atoms with E-state index in [1.807, 2.05) is 18.2 Å². The third kappa shape index (κ3) is 3.86. The standard InChI is InChI=1S/C16H21N3O2/c1-4-5-13-8-12(9-15(20-2)16(13)21-3)10-17-11-14-6-7-18-19-14/h4,6-9,17H,1,5,10-11H2,2-3H3,(H,18,19). The number of H-pyrrole nitrogens is 1. The molecule has 0 radical (unpaired) electrons. The number of ether oxygens (including phenoxy) is 2. The smallest absolute Gasteiger partial charge is 0.164 e. The molecule has 112 valence electrons. The molecule has 5 nitrogen and oxygen atoms in total. The highest BCUT2D eigenvalue weighted by Crippen LogP contribution is 2.33. The van der Waals surface area contributed by atoms with E-state index in [9.17, 15) is 0 Å². The van der Waals surface area contributed by atoms with Gasteiger partial charge in [-0.05, 0) is 24.1 Å². The van der Waals surface area contributed by atoms with Crippen molar-refractivity contribution in [3.05, 3.63) is 53.9 Å². The van der Waals surface area contributed by atoms with Crippen LogP contribution in [0.3, 0.4) is 0 Å². The molecular formula is C16H21N3O2. The molecule has 0 spiro atoms. The molecule has 5 heteroatoms. The molecule has 0 bridgehead atoms. The first-order valence-corrected chi connectivity index (χ1v) is 6.82. The number of hydrogen-bond donors (Lipinski definition) is 2. The van der Waals surface area contributed by atoms with Crippen LogP contribution in [0.15, 0.2) is 37.1 Å². The zero-order chi connectivity index (χ0) is 15.1. The summed E-state index contributed by atoms with van der Waals surface area (Å²) in [5.41, 5.74) is 3.27. The summed E-state index contributed by atoms with van der Waals surface area (Å²) in [7, 11) is 3.30. The Balaban J connectivity index is 2.11. The summed E-state index contributed by atoms with van der Waals surface area (Å²) in [4.78, 5) is 0. The quantitative estimate of drug-likeness (QED) is 0.732. The van der Waals surface area contributed by atoms with Crippen LogP contribution in [0.1, 0.15) is 16.8 Å². The monoisotopic (exact) mass is 287 g/mol. The number of hydrogen-bond acceptors (Lipinski definition) is 4. The maximum Gasteiger partial charge on any atom is 0.164 e. The molecule has 1 aromatic carbocycles. The summed E-state index contributed by atoms with van der Waals surface area (Å²) >= 11 is 0. The molecule has 0 aliphatic rings. The van der Waals surface area contributed by atoms with Gasteiger partial charge in [-0.15, -0.1) is 6.58 Å². The van der Waals surface area contributed by atoms with Crippen molar-refractivity contribution in [3.8, 4) is 11.5 Å². The van der Waals surface area contributed by atoms with Gasteiger partial charge in [0.05, 0.1) is 14.2 Å². The maximum atomic E-state index is 5.43. The Morgan fingerprint density at radius 3 is 2.76 bits per heavy atom. The lowest BCUT2D eigenvalue weighted by atomic mass is 10.1. The van der Waals surface area contributed by atoms with Gasteiger partial charge in [-0.3, -0.25) is 5.10 Å². The highest BCUT2D eigenvalue weighted by atomic mass is 16.5. The van der Waals surface area contributed by atoms with Crippen LogP contribution in [0.4, 0.5) is 0 Å². The minimum absolute atomic E-state index is 0.740. The molecule has 0 saturated heterocycles. The van der Waals surface area contributed by atoms with Gasteiger partial charge in [0.15, 0.2) is 11.5 Å². The summed E-state index contributed by atoms with van der Waals surface area (Å²) in [5.74, 6) is 1.52. The molecule has 21 heavy (non-hydrogen) atoms. The highest BCUT2D eigenvalue weighted by Gasteiger charge is 2.11. The van der Waals surface area contributed by atoms with Crippen molar-refractivity contribution >= 4 is 0 Å². The summed E-state index contributed by atoms with van der Waals surface area (Å²) in [6.45, 7) is 5.27. The van der Waals surface area contributed by atoms with Crippen LogP contribution in [0.2, 0.25) is 0 Å². The van der Waals surface area contributed by atoms with Crippen molar-refractivity contribution in [3.63, 3.8) is 0 Å². The molecule has 0 saturated carbocycles. The van der Waals surface area contributed by atoms with E-state index in [0.717, 1.165) is 47.8 Å². The first kappa shape index (κ1) is 15.1. The van der Waals surface area contributed by atoms with Crippen molar-refractivity contribution in [1.82, 2.24) is 15.5 Å². The Kier molecular flexibility index (Phi) is 5.40. The van der Waals surface area contributed by atoms with E-state index in [-0.39, 0.29) is 0 Å². The lowest BCUT2D eigenvalue weighted by Gasteiger charge is -2.14. The fourth-order valence-corrected chi connectivity index (χ4v) is 2.24. The third-order valence-corrected chi connectivity index (χ3v) is 3.18. The normalized spacial score (nSPS) is 10.4. The van der Waals surface area contributed by atoms with Crippen molar-refractivity contribution < 1.29 is 9.47 Å². The number of nitrogens with one attached hydrogen (secondary N) is 2. The molecular weight excluding hydrogens is 266 g/mol. The minimum Gasteiger partial charge on any atom is -0.493 e. The Bertz CT molecular complexity index is 579. The molecule has 0 fully saturated rings. The lowest BCUT2D eigenvalue weighted by Crippen LogP contribution is -2.13. The van der Waals surface area contributed by atoms with Gasteiger partial charge in [-0.25, -0.2) is 0 Å². The molecule has 2 aromatic rings. The lowest BCUT2D eigenvalue weighted by molar-refractivity contribution is 0.351. The second-order valence-electron chi connectivity index (χ2n) is 4.67. The summed E-state index contributed by atoms with van der Waals surface area (Å²) in [6, 6.07) is 6.05. The molecule has 2 N–H and O–H groups in total. The van der Waals surface area contributed by atoms with Crippen LogP contribution in [0.25, 0.3) is 0 Å². The molecule has 0 aliphatic carbocycles. The van der Waals surface area contributed by atoms with Gasteiger partial charge in [-0.2, -0.15) is 5.10 Å². The molecule has 0 atom stereocenters. The molecule has 0 unspecified atom stereocenters. The first-order chi connectivity index (χ1) is 10.3. The Morgan fingerprint density at radius 2 is 2.14 bits per heavy atom. The summed E-state index contributed by atoms with van der Waals surface area (Å²) in [5, 5.41) is 10.2. The minimum atomic E-state index is 0.740. The van der Waals surface area contributed by atoms with E-state index in [4.69, 9.17) is 9.47 Å². The fourth-order valence-electron chi connectivity index (χ4n) is 2.24. The van der Waals surface area contributed by atoms with Gasteiger partial charge < -0.3 is 14.8 Å². The number of methoxy groups -OCH3 is 2. The van der Waals surface area contributed by atoms with Crippen molar-refractivity contribution in [2.24, 2.45) is 0 Å². The zero-order valence-corrected chi connectivity index (χ0v) is 12.5. The molecule has 1 heterocycles. The van der Waals surface area contributed by atoms with E-state index in [1.165, 1.54) is 0 Å². The topological polar surface area (TPSA) is 59.2 Å². The number of aromatic amines is 1. The fraction of sp³-hybridized carbons (Fsp3) is 0.312. The van der Waals surface area contributed by atoms with Crippen molar-refractivity contribution in [2.75, 3.05) is 14.2 Å². The number of aromatic nitrogens is 2. The second kappa shape index (κ2) is 7.50. The van der Waals surface area contributed by atoms with Gasteiger partial charge in [0, 0.05) is 30.5 Å². The number of rotatable bonds is 8. The van der Waals surface area contributed by atoms with Gasteiger partial charge >= 0.3 is 0 Å². The van der Waals surface area contributed by atoms with Gasteiger partial charge in [0.2, 0.25) is 0 Å². The Hall–Kier alpha value is -2.27. The second-order valence-corrected chi connectivity index (χ2v) is 4.67. The van der Waals surface area contributed by atoms with Crippen LogP contribution >= 0.6 is 0 Å². The highest BCUT2D eigenvalue weighted by molar-refractivity contribution is 5.50. The largest absolute Gasteiger partial charge is 0.493 e. The molecule has 0 amide bonds. The summed E-state index contributed by atoms with van der Waals surface area (Å²) in [6.07, 6.45) is 4.35. The average Bonchev–Trinajstić information content (AvgIpc) is 3.00.